The van der Waals surface area contributed by atoms with Crippen LogP contribution < -0.4 is 21.3 Å². The number of hydrogen-bond acceptors (Lipinski definition) is 10. The summed E-state index contributed by atoms with van der Waals surface area (Å²) >= 11 is 0. The number of aryl methyl sites for hydroxylation is 2. The van der Waals surface area contributed by atoms with Crippen molar-refractivity contribution in [2.75, 3.05) is 16.9 Å². The zero-order valence-corrected chi connectivity index (χ0v) is 21.4. The van der Waals surface area contributed by atoms with E-state index >= 15 is 0 Å². The van der Waals surface area contributed by atoms with E-state index in [9.17, 15) is 13.0 Å². The third-order valence-electron chi connectivity index (χ3n) is 5.40. The fraction of sp³-hybridized carbons (Fsp3) is 0.0800. The number of pyridine rings is 1. The molecule has 0 spiro atoms. The van der Waals surface area contributed by atoms with Crippen molar-refractivity contribution < 1.29 is 17.4 Å². The van der Waals surface area contributed by atoms with E-state index in [0.717, 1.165) is 28.0 Å². The van der Waals surface area contributed by atoms with Gasteiger partial charge in [0.15, 0.2) is 5.69 Å². The molecule has 0 unspecified atom stereocenters. The SMILES string of the molecule is Cc1ccc(S(=O)(=O)[O-])cc1.Cn1c(-c2ccc(/C=N/Nc3nc(N)nc(N)n3)cc2)c[n+]2ccccc12. The number of aromatic nitrogens is 5. The van der Waals surface area contributed by atoms with Crippen molar-refractivity contribution in [2.45, 2.75) is 11.8 Å². The summed E-state index contributed by atoms with van der Waals surface area (Å²) in [5, 5.41) is 4.10. The first-order chi connectivity index (χ1) is 18.1. The van der Waals surface area contributed by atoms with Crippen molar-refractivity contribution in [1.29, 1.82) is 0 Å². The van der Waals surface area contributed by atoms with Gasteiger partial charge in [-0.25, -0.2) is 22.8 Å². The Kier molecular flexibility index (Phi) is 7.60. The Hall–Kier alpha value is -4.88. The van der Waals surface area contributed by atoms with Gasteiger partial charge in [-0.2, -0.15) is 20.1 Å². The Morgan fingerprint density at radius 3 is 2.24 bits per heavy atom. The topological polar surface area (TPSA) is 181 Å². The number of nitrogens with two attached hydrogens (primary N) is 2. The van der Waals surface area contributed by atoms with Crippen LogP contribution in [0.1, 0.15) is 11.1 Å². The second-order valence-corrected chi connectivity index (χ2v) is 9.55. The molecule has 5 N–H and O–H groups in total. The van der Waals surface area contributed by atoms with Crippen molar-refractivity contribution in [2.24, 2.45) is 12.1 Å². The smallest absolute Gasteiger partial charge is 0.286 e. The monoisotopic (exact) mass is 531 g/mol. The highest BCUT2D eigenvalue weighted by atomic mass is 32.2. The Labute approximate surface area is 219 Å². The van der Waals surface area contributed by atoms with E-state index in [4.69, 9.17) is 11.5 Å². The quantitative estimate of drug-likeness (QED) is 0.132. The Bertz CT molecular complexity index is 1680. The summed E-state index contributed by atoms with van der Waals surface area (Å²) in [6.07, 6.45) is 5.80. The Balaban J connectivity index is 0.000000257. The van der Waals surface area contributed by atoms with E-state index in [1.165, 1.54) is 12.1 Å². The predicted molar refractivity (Wildman–Crippen MR) is 143 cm³/mol. The van der Waals surface area contributed by atoms with Gasteiger partial charge in [0.25, 0.3) is 5.65 Å². The summed E-state index contributed by atoms with van der Waals surface area (Å²) < 4.78 is 35.4. The van der Waals surface area contributed by atoms with E-state index in [-0.39, 0.29) is 22.7 Å². The number of hydrogen-bond donors (Lipinski definition) is 3. The molecule has 0 amide bonds. The number of nitrogens with one attached hydrogen (secondary N) is 1. The van der Waals surface area contributed by atoms with Gasteiger partial charge < -0.3 is 16.0 Å². The summed E-state index contributed by atoms with van der Waals surface area (Å²) in [4.78, 5) is 11.3. The van der Waals surface area contributed by atoms with Crippen molar-refractivity contribution >= 4 is 39.8 Å². The van der Waals surface area contributed by atoms with E-state index in [0.29, 0.717) is 0 Å². The highest BCUT2D eigenvalue weighted by Crippen LogP contribution is 2.19. The van der Waals surface area contributed by atoms with Gasteiger partial charge in [0.05, 0.1) is 24.4 Å². The summed E-state index contributed by atoms with van der Waals surface area (Å²) in [6, 6.07) is 20.0. The van der Waals surface area contributed by atoms with E-state index < -0.39 is 10.1 Å². The van der Waals surface area contributed by atoms with Crippen LogP contribution in [0.4, 0.5) is 17.8 Å². The van der Waals surface area contributed by atoms with Crippen LogP contribution in [0.3, 0.4) is 0 Å². The van der Waals surface area contributed by atoms with Crippen molar-refractivity contribution in [3.8, 4) is 11.3 Å². The summed E-state index contributed by atoms with van der Waals surface area (Å²) in [5.41, 5.74) is 18.9. The number of rotatable bonds is 5. The van der Waals surface area contributed by atoms with Crippen molar-refractivity contribution in [3.05, 3.63) is 90.3 Å². The molecule has 13 heteroatoms. The molecule has 0 aliphatic heterocycles. The first-order valence-electron chi connectivity index (χ1n) is 11.2. The summed E-state index contributed by atoms with van der Waals surface area (Å²) in [5.74, 6) is 0.273. The first-order valence-corrected chi connectivity index (χ1v) is 12.7. The molecule has 5 aromatic rings. The number of fused-ring (bicyclic) bond motifs is 1. The fourth-order valence-corrected chi connectivity index (χ4v) is 3.99. The molecule has 2 aromatic carbocycles. The van der Waals surface area contributed by atoms with Crippen molar-refractivity contribution in [3.63, 3.8) is 0 Å². The van der Waals surface area contributed by atoms with Gasteiger partial charge >= 0.3 is 0 Å². The lowest BCUT2D eigenvalue weighted by Gasteiger charge is -2.05. The normalized spacial score (nSPS) is 11.3. The van der Waals surface area contributed by atoms with Gasteiger partial charge in [-0.15, -0.1) is 0 Å². The average Bonchev–Trinajstić information content (AvgIpc) is 3.20. The zero-order chi connectivity index (χ0) is 27.3. The molecule has 38 heavy (non-hydrogen) atoms. The Morgan fingerprint density at radius 1 is 0.974 bits per heavy atom. The lowest BCUT2D eigenvalue weighted by atomic mass is 10.1. The minimum Gasteiger partial charge on any atom is -0.744 e. The molecule has 12 nitrogen and oxygen atoms in total. The van der Waals surface area contributed by atoms with Crippen LogP contribution >= 0.6 is 0 Å². The molecule has 0 saturated heterocycles. The van der Waals surface area contributed by atoms with Crippen LogP contribution in [0.5, 0.6) is 0 Å². The van der Waals surface area contributed by atoms with Crippen LogP contribution in [-0.2, 0) is 17.2 Å². The van der Waals surface area contributed by atoms with Gasteiger partial charge in [0, 0.05) is 11.6 Å². The second kappa shape index (κ2) is 11.0. The molecule has 194 valence electrons. The highest BCUT2D eigenvalue weighted by molar-refractivity contribution is 7.85. The molecule has 0 atom stereocenters. The number of imidazole rings is 1. The largest absolute Gasteiger partial charge is 0.744 e. The zero-order valence-electron chi connectivity index (χ0n) is 20.6. The molecular formula is C25H25N9O3S. The maximum Gasteiger partial charge on any atom is 0.286 e. The van der Waals surface area contributed by atoms with E-state index in [2.05, 4.69) is 65.9 Å². The van der Waals surface area contributed by atoms with Crippen LogP contribution in [0.25, 0.3) is 16.9 Å². The molecule has 0 fully saturated rings. The standard InChI is InChI=1S/C18H18N9.C7H8O3S/c1-26-14(11-27-9-3-2-4-15(26)27)13-7-5-12(6-8-13)10-21-25-18-23-16(19)22-17(20)24-18;1-6-2-4-7(5-3-6)11(8,9)10/h2-11H,1H3,(H5,19,20,22,23,24,25);2-5H,1H3,(H,8,9,10)/q+1;/p-1/b21-10+;. The van der Waals surface area contributed by atoms with E-state index in [1.807, 2.05) is 37.4 Å². The lowest BCUT2D eigenvalue weighted by Crippen LogP contribution is -2.17. The Morgan fingerprint density at radius 2 is 1.63 bits per heavy atom. The van der Waals surface area contributed by atoms with Crippen LogP contribution in [0.2, 0.25) is 0 Å². The molecule has 5 rings (SSSR count). The molecule has 0 radical (unpaired) electrons. The molecule has 3 heterocycles. The van der Waals surface area contributed by atoms with Gasteiger partial charge in [-0.05, 0) is 42.8 Å². The maximum absolute atomic E-state index is 10.4. The first kappa shape index (κ1) is 26.2. The third kappa shape index (κ3) is 6.46. The van der Waals surface area contributed by atoms with Gasteiger partial charge in [-0.1, -0.05) is 35.9 Å². The van der Waals surface area contributed by atoms with Gasteiger partial charge in [0.2, 0.25) is 17.8 Å². The van der Waals surface area contributed by atoms with Crippen LogP contribution in [0, 0.1) is 6.92 Å². The minimum absolute atomic E-state index is 0.0392. The summed E-state index contributed by atoms with van der Waals surface area (Å²) in [6.45, 7) is 1.82. The minimum atomic E-state index is -4.27. The second-order valence-electron chi connectivity index (χ2n) is 8.17. The third-order valence-corrected chi connectivity index (χ3v) is 6.25. The number of hydrazone groups is 1. The van der Waals surface area contributed by atoms with Crippen LogP contribution in [0.15, 0.2) is 89.1 Å². The molecule has 0 aliphatic rings. The predicted octanol–water partition coefficient (Wildman–Crippen LogP) is 2.13. The fourth-order valence-electron chi connectivity index (χ4n) is 3.52. The van der Waals surface area contributed by atoms with Gasteiger partial charge in [0.1, 0.15) is 16.3 Å². The van der Waals surface area contributed by atoms with Crippen molar-refractivity contribution in [1.82, 2.24) is 19.5 Å². The lowest BCUT2D eigenvalue weighted by molar-refractivity contribution is -0.510. The number of nitrogens with zero attached hydrogens (tertiary/aromatic N) is 6. The van der Waals surface area contributed by atoms with Crippen LogP contribution in [-0.4, -0.2) is 38.7 Å². The van der Waals surface area contributed by atoms with E-state index in [1.54, 1.807) is 18.3 Å². The molecule has 0 aliphatic carbocycles. The maximum atomic E-state index is 10.4. The molecular weight excluding hydrogens is 506 g/mol. The number of benzene rings is 2. The molecule has 3 aromatic heterocycles. The molecule has 0 saturated carbocycles. The number of nitrogen functional groups attached to an aromatic ring is 2. The molecule has 0 bridgehead atoms. The summed E-state index contributed by atoms with van der Waals surface area (Å²) in [7, 11) is -2.22. The number of anilines is 3. The average molecular weight is 532 g/mol. The van der Waals surface area contributed by atoms with Gasteiger partial charge in [-0.3, -0.25) is 0 Å². The highest BCUT2D eigenvalue weighted by Gasteiger charge is 2.14.